The van der Waals surface area contributed by atoms with Crippen molar-refractivity contribution in [3.8, 4) is 0 Å². The minimum absolute atomic E-state index is 0.119. The largest absolute Gasteiger partial charge is 0.352 e. The molecule has 1 fully saturated rings. The Morgan fingerprint density at radius 3 is 2.83 bits per heavy atom. The topological polar surface area (TPSA) is 31.4 Å². The first-order valence-electron chi connectivity index (χ1n) is 6.41. The van der Waals surface area contributed by atoms with E-state index in [1.54, 1.807) is 0 Å². The van der Waals surface area contributed by atoms with E-state index in [0.717, 1.165) is 37.3 Å². The van der Waals surface area contributed by atoms with Gasteiger partial charge in [0, 0.05) is 17.5 Å². The van der Waals surface area contributed by atoms with Crippen LogP contribution in [0.4, 0.5) is 0 Å². The van der Waals surface area contributed by atoms with Crippen LogP contribution in [0, 0.1) is 6.92 Å². The molecule has 0 unspecified atom stereocenters. The van der Waals surface area contributed by atoms with Gasteiger partial charge in [0.25, 0.3) is 0 Å². The molecule has 1 aliphatic rings. The molecular formula is C15H17NO2. The maximum Gasteiger partial charge on any atom is 0.161 e. The average molecular weight is 243 g/mol. The highest BCUT2D eigenvalue weighted by molar-refractivity contribution is 5.81. The number of para-hydroxylation sites is 1. The highest BCUT2D eigenvalue weighted by Crippen LogP contribution is 2.20. The van der Waals surface area contributed by atoms with Gasteiger partial charge >= 0.3 is 0 Å². The molecule has 94 valence electrons. The van der Waals surface area contributed by atoms with Gasteiger partial charge in [-0.05, 0) is 25.0 Å². The second-order valence-electron chi connectivity index (χ2n) is 4.67. The van der Waals surface area contributed by atoms with Crippen LogP contribution in [-0.2, 0) is 15.9 Å². The van der Waals surface area contributed by atoms with E-state index in [9.17, 15) is 0 Å². The number of nitrogens with zero attached hydrogens (tertiary/aromatic N) is 1. The van der Waals surface area contributed by atoms with Crippen molar-refractivity contribution in [3.05, 3.63) is 41.6 Å². The maximum absolute atomic E-state index is 5.61. The lowest BCUT2D eigenvalue weighted by Crippen LogP contribution is -2.26. The lowest BCUT2D eigenvalue weighted by Gasteiger charge is -2.23. The van der Waals surface area contributed by atoms with Crippen LogP contribution in [0.25, 0.3) is 10.9 Å². The van der Waals surface area contributed by atoms with Gasteiger partial charge in [0.2, 0.25) is 0 Å². The van der Waals surface area contributed by atoms with E-state index in [2.05, 4.69) is 29.2 Å². The molecule has 1 aliphatic heterocycles. The van der Waals surface area contributed by atoms with Crippen molar-refractivity contribution in [1.82, 2.24) is 4.98 Å². The zero-order valence-corrected chi connectivity index (χ0v) is 10.6. The van der Waals surface area contributed by atoms with E-state index in [0.29, 0.717) is 0 Å². The number of fused-ring (bicyclic) bond motifs is 1. The van der Waals surface area contributed by atoms with Gasteiger partial charge in [-0.2, -0.15) is 0 Å². The lowest BCUT2D eigenvalue weighted by atomic mass is 10.1. The Morgan fingerprint density at radius 2 is 2.00 bits per heavy atom. The summed E-state index contributed by atoms with van der Waals surface area (Å²) in [5.74, 6) is 0. The van der Waals surface area contributed by atoms with E-state index in [4.69, 9.17) is 9.47 Å². The number of aryl methyl sites for hydroxylation is 1. The minimum Gasteiger partial charge on any atom is -0.352 e. The van der Waals surface area contributed by atoms with Crippen LogP contribution in [0.2, 0.25) is 0 Å². The summed E-state index contributed by atoms with van der Waals surface area (Å²) in [5.41, 5.74) is 3.30. The van der Waals surface area contributed by atoms with Crippen molar-refractivity contribution in [2.24, 2.45) is 0 Å². The van der Waals surface area contributed by atoms with E-state index >= 15 is 0 Å². The SMILES string of the molecule is Cc1ccc2cccc(CC3OCCCO3)c2n1. The number of rotatable bonds is 2. The number of aromatic nitrogens is 1. The molecule has 3 rings (SSSR count). The monoisotopic (exact) mass is 243 g/mol. The third-order valence-electron chi connectivity index (χ3n) is 3.23. The van der Waals surface area contributed by atoms with Crippen LogP contribution in [0.3, 0.4) is 0 Å². The summed E-state index contributed by atoms with van der Waals surface area (Å²) < 4.78 is 11.2. The van der Waals surface area contributed by atoms with Crippen LogP contribution in [0.15, 0.2) is 30.3 Å². The first-order chi connectivity index (χ1) is 8.83. The van der Waals surface area contributed by atoms with Crippen molar-refractivity contribution in [3.63, 3.8) is 0 Å². The smallest absolute Gasteiger partial charge is 0.161 e. The molecule has 0 atom stereocenters. The molecular weight excluding hydrogens is 226 g/mol. The molecule has 0 spiro atoms. The summed E-state index contributed by atoms with van der Waals surface area (Å²) in [5, 5.41) is 1.17. The Kier molecular flexibility index (Phi) is 3.26. The molecule has 3 nitrogen and oxygen atoms in total. The van der Waals surface area contributed by atoms with E-state index in [1.807, 2.05) is 13.0 Å². The summed E-state index contributed by atoms with van der Waals surface area (Å²) in [4.78, 5) is 4.63. The van der Waals surface area contributed by atoms with E-state index in [-0.39, 0.29) is 6.29 Å². The van der Waals surface area contributed by atoms with Crippen molar-refractivity contribution in [2.75, 3.05) is 13.2 Å². The summed E-state index contributed by atoms with van der Waals surface area (Å²) >= 11 is 0. The molecule has 0 bridgehead atoms. The fourth-order valence-corrected chi connectivity index (χ4v) is 2.30. The molecule has 0 aliphatic carbocycles. The van der Waals surface area contributed by atoms with Crippen molar-refractivity contribution >= 4 is 10.9 Å². The van der Waals surface area contributed by atoms with Crippen LogP contribution >= 0.6 is 0 Å². The van der Waals surface area contributed by atoms with Crippen molar-refractivity contribution in [2.45, 2.75) is 26.1 Å². The normalized spacial score (nSPS) is 17.2. The van der Waals surface area contributed by atoms with Gasteiger partial charge in [-0.1, -0.05) is 24.3 Å². The van der Waals surface area contributed by atoms with Crippen molar-refractivity contribution < 1.29 is 9.47 Å². The summed E-state index contributed by atoms with van der Waals surface area (Å²) in [6, 6.07) is 10.4. The second-order valence-corrected chi connectivity index (χ2v) is 4.67. The standard InChI is InChI=1S/C15H17NO2/c1-11-6-7-12-4-2-5-13(15(12)16-11)10-14-17-8-3-9-18-14/h2,4-7,14H,3,8-10H2,1H3. The molecule has 1 aromatic carbocycles. The number of pyridine rings is 1. The fraction of sp³-hybridized carbons (Fsp3) is 0.400. The molecule has 1 aromatic heterocycles. The molecule has 0 radical (unpaired) electrons. The summed E-state index contributed by atoms with van der Waals surface area (Å²) in [6.07, 6.45) is 1.64. The van der Waals surface area contributed by atoms with Crippen LogP contribution in [-0.4, -0.2) is 24.5 Å². The molecule has 1 saturated heterocycles. The van der Waals surface area contributed by atoms with Gasteiger partial charge in [0.05, 0.1) is 18.7 Å². The molecule has 18 heavy (non-hydrogen) atoms. The Morgan fingerprint density at radius 1 is 1.17 bits per heavy atom. The predicted octanol–water partition coefficient (Wildman–Crippen LogP) is 2.85. The van der Waals surface area contributed by atoms with Crippen LogP contribution < -0.4 is 0 Å². The van der Waals surface area contributed by atoms with Gasteiger partial charge in [-0.25, -0.2) is 0 Å². The zero-order valence-electron chi connectivity index (χ0n) is 10.6. The summed E-state index contributed by atoms with van der Waals surface area (Å²) in [7, 11) is 0. The number of benzene rings is 1. The number of ether oxygens (including phenoxy) is 2. The van der Waals surface area contributed by atoms with Gasteiger partial charge in [0.1, 0.15) is 0 Å². The highest BCUT2D eigenvalue weighted by atomic mass is 16.7. The van der Waals surface area contributed by atoms with Crippen molar-refractivity contribution in [1.29, 1.82) is 0 Å². The Bertz CT molecular complexity index is 547. The van der Waals surface area contributed by atoms with Gasteiger partial charge in [-0.3, -0.25) is 4.98 Å². The summed E-state index contributed by atoms with van der Waals surface area (Å²) in [6.45, 7) is 3.60. The molecule has 2 aromatic rings. The average Bonchev–Trinajstić information content (AvgIpc) is 2.41. The predicted molar refractivity (Wildman–Crippen MR) is 70.5 cm³/mol. The maximum atomic E-state index is 5.61. The van der Waals surface area contributed by atoms with E-state index in [1.165, 1.54) is 10.9 Å². The zero-order chi connectivity index (χ0) is 12.4. The quantitative estimate of drug-likeness (QED) is 0.812. The number of hydrogen-bond donors (Lipinski definition) is 0. The Balaban J connectivity index is 1.92. The molecule has 2 heterocycles. The van der Waals surface area contributed by atoms with Gasteiger partial charge in [-0.15, -0.1) is 0 Å². The first kappa shape index (κ1) is 11.6. The second kappa shape index (κ2) is 5.04. The van der Waals surface area contributed by atoms with Crippen LogP contribution in [0.5, 0.6) is 0 Å². The Labute approximate surface area is 107 Å². The third-order valence-corrected chi connectivity index (χ3v) is 3.23. The van der Waals surface area contributed by atoms with Gasteiger partial charge < -0.3 is 9.47 Å². The fourth-order valence-electron chi connectivity index (χ4n) is 2.30. The molecule has 0 saturated carbocycles. The molecule has 0 amide bonds. The highest BCUT2D eigenvalue weighted by Gasteiger charge is 2.16. The van der Waals surface area contributed by atoms with Crippen LogP contribution in [0.1, 0.15) is 17.7 Å². The number of hydrogen-bond acceptors (Lipinski definition) is 3. The van der Waals surface area contributed by atoms with E-state index < -0.39 is 0 Å². The molecule has 0 N–H and O–H groups in total. The van der Waals surface area contributed by atoms with Gasteiger partial charge in [0.15, 0.2) is 6.29 Å². The lowest BCUT2D eigenvalue weighted by molar-refractivity contribution is -0.176. The third kappa shape index (κ3) is 2.37. The first-order valence-corrected chi connectivity index (χ1v) is 6.41. The minimum atomic E-state index is -0.119. The Hall–Kier alpha value is -1.45. The molecule has 3 heteroatoms.